The Balaban J connectivity index is 3.21. The number of aryl methyl sites for hydroxylation is 2. The van der Waals surface area contributed by atoms with Crippen molar-refractivity contribution in [3.05, 3.63) is 27.2 Å². The highest BCUT2D eigenvalue weighted by atomic mass is 16.4. The number of nitrogens with one attached hydrogen (secondary N) is 1. The van der Waals surface area contributed by atoms with Gasteiger partial charge in [-0.15, -0.1) is 0 Å². The summed E-state index contributed by atoms with van der Waals surface area (Å²) in [6.45, 7) is 2.42. The van der Waals surface area contributed by atoms with Crippen molar-refractivity contribution in [2.45, 2.75) is 19.9 Å². The monoisotopic (exact) mass is 269 g/mol. The van der Waals surface area contributed by atoms with Gasteiger partial charge in [-0.2, -0.15) is 5.10 Å². The van der Waals surface area contributed by atoms with Crippen molar-refractivity contribution in [2.75, 3.05) is 6.61 Å². The molecule has 1 heterocycles. The van der Waals surface area contributed by atoms with E-state index < -0.39 is 30.1 Å². The number of hydrogen-bond acceptors (Lipinski definition) is 5. The van der Waals surface area contributed by atoms with Gasteiger partial charge in [-0.05, 0) is 19.4 Å². The van der Waals surface area contributed by atoms with E-state index in [4.69, 9.17) is 10.2 Å². The van der Waals surface area contributed by atoms with Crippen molar-refractivity contribution >= 4 is 11.9 Å². The molecule has 0 bridgehead atoms. The summed E-state index contributed by atoms with van der Waals surface area (Å²) in [4.78, 5) is 34.5. The summed E-state index contributed by atoms with van der Waals surface area (Å²) >= 11 is 0. The van der Waals surface area contributed by atoms with Crippen LogP contribution in [0.4, 0.5) is 0 Å². The molecule has 104 valence electrons. The number of rotatable bonds is 4. The van der Waals surface area contributed by atoms with Crippen LogP contribution < -0.4 is 10.9 Å². The molecule has 3 N–H and O–H groups in total. The molecule has 0 aliphatic heterocycles. The summed E-state index contributed by atoms with van der Waals surface area (Å²) in [6.07, 6.45) is 0. The zero-order valence-corrected chi connectivity index (χ0v) is 10.8. The van der Waals surface area contributed by atoms with Crippen LogP contribution in [0, 0.1) is 13.8 Å². The molecule has 1 aromatic rings. The van der Waals surface area contributed by atoms with E-state index in [1.165, 1.54) is 7.05 Å². The van der Waals surface area contributed by atoms with Gasteiger partial charge in [0.1, 0.15) is 5.56 Å². The number of aliphatic carboxylic acids is 1. The van der Waals surface area contributed by atoms with E-state index in [9.17, 15) is 14.4 Å². The fraction of sp³-hybridized carbons (Fsp3) is 0.455. The molecule has 1 amide bonds. The van der Waals surface area contributed by atoms with Gasteiger partial charge in [0.15, 0.2) is 6.04 Å². The van der Waals surface area contributed by atoms with Crippen LogP contribution in [0.5, 0.6) is 0 Å². The lowest BCUT2D eigenvalue weighted by Crippen LogP contribution is -2.45. The smallest absolute Gasteiger partial charge is 0.328 e. The normalized spacial score (nSPS) is 12.0. The lowest BCUT2D eigenvalue weighted by molar-refractivity contribution is -0.140. The minimum Gasteiger partial charge on any atom is -0.480 e. The zero-order valence-electron chi connectivity index (χ0n) is 10.8. The average molecular weight is 269 g/mol. The molecule has 1 atom stereocenters. The third kappa shape index (κ3) is 2.97. The number of carboxylic acids is 1. The fourth-order valence-electron chi connectivity index (χ4n) is 1.53. The number of aliphatic hydroxyl groups excluding tert-OH is 1. The molecular weight excluding hydrogens is 254 g/mol. The van der Waals surface area contributed by atoms with E-state index >= 15 is 0 Å². The minimum atomic E-state index is -1.45. The molecule has 1 unspecified atom stereocenters. The number of carboxylic acid groups (broad SMARTS) is 1. The van der Waals surface area contributed by atoms with Crippen molar-refractivity contribution in [3.63, 3.8) is 0 Å². The van der Waals surface area contributed by atoms with Gasteiger partial charge in [0.25, 0.3) is 11.5 Å². The van der Waals surface area contributed by atoms with E-state index in [0.717, 1.165) is 4.68 Å². The van der Waals surface area contributed by atoms with Gasteiger partial charge in [0.2, 0.25) is 0 Å². The molecule has 0 fully saturated rings. The van der Waals surface area contributed by atoms with E-state index in [2.05, 4.69) is 10.4 Å². The van der Waals surface area contributed by atoms with Crippen LogP contribution in [0.15, 0.2) is 4.79 Å². The number of carbonyl (C=O) groups excluding carboxylic acids is 1. The molecule has 8 nitrogen and oxygen atoms in total. The van der Waals surface area contributed by atoms with E-state index in [0.29, 0.717) is 11.3 Å². The number of amides is 1. The van der Waals surface area contributed by atoms with E-state index in [1.54, 1.807) is 13.8 Å². The Morgan fingerprint density at radius 2 is 2.00 bits per heavy atom. The van der Waals surface area contributed by atoms with Crippen LogP contribution in [0.3, 0.4) is 0 Å². The Hall–Kier alpha value is -2.22. The maximum atomic E-state index is 11.9. The first-order chi connectivity index (χ1) is 8.79. The first kappa shape index (κ1) is 14.8. The molecule has 0 saturated carbocycles. The van der Waals surface area contributed by atoms with Crippen molar-refractivity contribution in [1.29, 1.82) is 0 Å². The van der Waals surface area contributed by atoms with Crippen LogP contribution in [-0.2, 0) is 11.8 Å². The molecule has 0 saturated heterocycles. The van der Waals surface area contributed by atoms with Gasteiger partial charge in [-0.1, -0.05) is 0 Å². The fourth-order valence-corrected chi connectivity index (χ4v) is 1.53. The predicted molar refractivity (Wildman–Crippen MR) is 64.9 cm³/mol. The van der Waals surface area contributed by atoms with E-state index in [1.807, 2.05) is 0 Å². The Morgan fingerprint density at radius 1 is 1.42 bits per heavy atom. The Bertz CT molecular complexity index is 578. The summed E-state index contributed by atoms with van der Waals surface area (Å²) in [7, 11) is 1.40. The number of aliphatic hydroxyl groups is 1. The Labute approximate surface area is 108 Å². The highest BCUT2D eigenvalue weighted by molar-refractivity contribution is 5.97. The highest BCUT2D eigenvalue weighted by Gasteiger charge is 2.23. The number of carbonyl (C=O) groups is 2. The summed E-state index contributed by atoms with van der Waals surface area (Å²) in [5.41, 5.74) is 0.0724. The maximum absolute atomic E-state index is 11.9. The van der Waals surface area contributed by atoms with Gasteiger partial charge in [0.05, 0.1) is 12.3 Å². The molecule has 0 aromatic carbocycles. The summed E-state index contributed by atoms with van der Waals surface area (Å²) in [5.74, 6) is -2.22. The van der Waals surface area contributed by atoms with Crippen LogP contribution in [0.1, 0.15) is 21.6 Å². The standard InChI is InChI=1S/C11H15N3O5/c1-5-6(2)13-14(3)10(17)8(5)9(16)12-7(4-15)11(18)19/h7,15H,4H2,1-3H3,(H,12,16)(H,18,19). The topological polar surface area (TPSA) is 122 Å². The first-order valence-electron chi connectivity index (χ1n) is 5.48. The number of nitrogens with zero attached hydrogens (tertiary/aromatic N) is 2. The quantitative estimate of drug-likeness (QED) is 0.616. The third-order valence-corrected chi connectivity index (χ3v) is 2.74. The SMILES string of the molecule is Cc1nn(C)c(=O)c(C(=O)NC(CO)C(=O)O)c1C. The van der Waals surface area contributed by atoms with Gasteiger partial charge in [-0.3, -0.25) is 9.59 Å². The second-order valence-corrected chi connectivity index (χ2v) is 4.06. The van der Waals surface area contributed by atoms with Crippen molar-refractivity contribution in [2.24, 2.45) is 7.05 Å². The molecule has 1 aromatic heterocycles. The molecule has 19 heavy (non-hydrogen) atoms. The maximum Gasteiger partial charge on any atom is 0.328 e. The van der Waals surface area contributed by atoms with Crippen LogP contribution >= 0.6 is 0 Å². The average Bonchev–Trinajstić information content (AvgIpc) is 2.33. The van der Waals surface area contributed by atoms with Crippen LogP contribution in [0.25, 0.3) is 0 Å². The predicted octanol–water partition coefficient (Wildman–Crippen LogP) is -1.43. The minimum absolute atomic E-state index is 0.172. The van der Waals surface area contributed by atoms with Crippen LogP contribution in [-0.4, -0.2) is 44.5 Å². The second kappa shape index (κ2) is 5.61. The lowest BCUT2D eigenvalue weighted by Gasteiger charge is -2.13. The van der Waals surface area contributed by atoms with Gasteiger partial charge >= 0.3 is 5.97 Å². The highest BCUT2D eigenvalue weighted by Crippen LogP contribution is 2.06. The number of hydrogen-bond donors (Lipinski definition) is 3. The van der Waals surface area contributed by atoms with Gasteiger partial charge in [-0.25, -0.2) is 9.48 Å². The molecular formula is C11H15N3O5. The lowest BCUT2D eigenvalue weighted by atomic mass is 10.1. The number of aromatic nitrogens is 2. The van der Waals surface area contributed by atoms with Crippen LogP contribution in [0.2, 0.25) is 0 Å². The molecule has 0 spiro atoms. The van der Waals surface area contributed by atoms with Gasteiger partial charge < -0.3 is 15.5 Å². The summed E-state index contributed by atoms with van der Waals surface area (Å²) < 4.78 is 1.01. The first-order valence-corrected chi connectivity index (χ1v) is 5.48. The Kier molecular flexibility index (Phi) is 4.38. The second-order valence-electron chi connectivity index (χ2n) is 4.06. The third-order valence-electron chi connectivity index (χ3n) is 2.74. The molecule has 1 rings (SSSR count). The molecule has 0 aliphatic rings. The molecule has 8 heteroatoms. The van der Waals surface area contributed by atoms with E-state index in [-0.39, 0.29) is 5.56 Å². The largest absolute Gasteiger partial charge is 0.480 e. The zero-order chi connectivity index (χ0) is 14.7. The van der Waals surface area contributed by atoms with Crippen molar-refractivity contribution in [3.8, 4) is 0 Å². The summed E-state index contributed by atoms with van der Waals surface area (Å²) in [5, 5.41) is 23.6. The Morgan fingerprint density at radius 3 is 2.47 bits per heavy atom. The molecule has 0 radical (unpaired) electrons. The van der Waals surface area contributed by atoms with Gasteiger partial charge in [0, 0.05) is 7.05 Å². The van der Waals surface area contributed by atoms with Crippen molar-refractivity contribution < 1.29 is 19.8 Å². The molecule has 0 aliphatic carbocycles. The van der Waals surface area contributed by atoms with Crippen molar-refractivity contribution in [1.82, 2.24) is 15.1 Å². The summed E-state index contributed by atoms with van der Waals surface area (Å²) in [6, 6.07) is -1.45.